The summed E-state index contributed by atoms with van der Waals surface area (Å²) in [4.78, 5) is 32.0. The van der Waals surface area contributed by atoms with Gasteiger partial charge in [0.25, 0.3) is 0 Å². The second-order valence-electron chi connectivity index (χ2n) is 2.91. The van der Waals surface area contributed by atoms with E-state index in [1.165, 1.54) is 0 Å². The number of aliphatic hydroxyl groups excluding tert-OH is 2. The molecule has 0 fully saturated rings. The number of aliphatic hydroxyl groups is 2. The van der Waals surface area contributed by atoms with Crippen LogP contribution in [-0.4, -0.2) is 60.7 Å². The number of carbonyl (C=O) groups excluding carboxylic acids is 3. The Labute approximate surface area is 97.1 Å². The second-order valence-corrected chi connectivity index (χ2v) is 2.91. The minimum absolute atomic E-state index is 0.306. The highest BCUT2D eigenvalue weighted by Crippen LogP contribution is 1.97. The van der Waals surface area contributed by atoms with Crippen LogP contribution in [-0.2, 0) is 28.6 Å². The van der Waals surface area contributed by atoms with Crippen molar-refractivity contribution in [3.05, 3.63) is 0 Å². The average molecular weight is 250 g/mol. The maximum absolute atomic E-state index is 10.8. The second kappa shape index (κ2) is 8.48. The zero-order valence-electron chi connectivity index (χ0n) is 9.25. The fourth-order valence-electron chi connectivity index (χ4n) is 0.781. The van der Waals surface area contributed by atoms with Gasteiger partial charge in [-0.1, -0.05) is 0 Å². The molecule has 0 radical (unpaired) electrons. The van der Waals surface area contributed by atoms with Crippen molar-refractivity contribution in [3.63, 3.8) is 0 Å². The smallest absolute Gasteiger partial charge is 0.332 e. The summed E-state index contributed by atoms with van der Waals surface area (Å²) in [6.07, 6.45) is -1.02. The molecule has 0 heterocycles. The maximum Gasteiger partial charge on any atom is 0.332 e. The standard InChI is InChI=1S/C9H14O8/c1-6(12)15-4-7(17-9(14)3-11)5-16-8(13)2-10/h7,10-11H,2-5H2,1H3. The van der Waals surface area contributed by atoms with E-state index in [0.717, 1.165) is 6.92 Å². The summed E-state index contributed by atoms with van der Waals surface area (Å²) in [6.45, 7) is -1.18. The molecule has 0 aromatic carbocycles. The monoisotopic (exact) mass is 250 g/mol. The molecule has 0 aromatic rings. The molecule has 17 heavy (non-hydrogen) atoms. The van der Waals surface area contributed by atoms with E-state index in [2.05, 4.69) is 14.2 Å². The van der Waals surface area contributed by atoms with Crippen molar-refractivity contribution in [1.29, 1.82) is 0 Å². The predicted octanol–water partition coefficient (Wildman–Crippen LogP) is -2.01. The molecular formula is C9H14O8. The van der Waals surface area contributed by atoms with Crippen LogP contribution in [0.3, 0.4) is 0 Å². The molecule has 0 rings (SSSR count). The first kappa shape index (κ1) is 15.3. The lowest BCUT2D eigenvalue weighted by Gasteiger charge is -2.16. The van der Waals surface area contributed by atoms with Crippen molar-refractivity contribution in [3.8, 4) is 0 Å². The van der Waals surface area contributed by atoms with Gasteiger partial charge in [0.15, 0.2) is 6.10 Å². The van der Waals surface area contributed by atoms with E-state index < -0.39 is 37.2 Å². The van der Waals surface area contributed by atoms with Gasteiger partial charge in [-0.2, -0.15) is 0 Å². The largest absolute Gasteiger partial charge is 0.462 e. The fourth-order valence-corrected chi connectivity index (χ4v) is 0.781. The Morgan fingerprint density at radius 2 is 1.53 bits per heavy atom. The highest BCUT2D eigenvalue weighted by atomic mass is 16.6. The molecule has 1 unspecified atom stereocenters. The molecule has 0 aromatic heterocycles. The van der Waals surface area contributed by atoms with E-state index in [4.69, 9.17) is 10.2 Å². The normalized spacial score (nSPS) is 11.5. The Morgan fingerprint density at radius 3 is 2.00 bits per heavy atom. The van der Waals surface area contributed by atoms with E-state index in [9.17, 15) is 14.4 Å². The summed E-state index contributed by atoms with van der Waals surface area (Å²) in [5, 5.41) is 16.8. The zero-order chi connectivity index (χ0) is 13.3. The number of rotatable bonds is 7. The molecule has 0 aliphatic carbocycles. The maximum atomic E-state index is 10.8. The highest BCUT2D eigenvalue weighted by Gasteiger charge is 2.17. The van der Waals surface area contributed by atoms with Gasteiger partial charge in [0.2, 0.25) is 0 Å². The van der Waals surface area contributed by atoms with Crippen LogP contribution in [0, 0.1) is 0 Å². The van der Waals surface area contributed by atoms with E-state index in [0.29, 0.717) is 0 Å². The summed E-state index contributed by atoms with van der Waals surface area (Å²) in [5.74, 6) is -2.44. The Kier molecular flexibility index (Phi) is 7.65. The van der Waals surface area contributed by atoms with Gasteiger partial charge in [-0.05, 0) is 0 Å². The summed E-state index contributed by atoms with van der Waals surface area (Å²) in [7, 11) is 0. The SMILES string of the molecule is CC(=O)OCC(COC(=O)CO)OC(=O)CO. The van der Waals surface area contributed by atoms with E-state index >= 15 is 0 Å². The lowest BCUT2D eigenvalue weighted by Crippen LogP contribution is -2.31. The number of hydrogen-bond acceptors (Lipinski definition) is 8. The Hall–Kier alpha value is -1.67. The Morgan fingerprint density at radius 1 is 1.00 bits per heavy atom. The summed E-state index contributed by atoms with van der Waals surface area (Å²) in [6, 6.07) is 0. The van der Waals surface area contributed by atoms with Crippen LogP contribution in [0.2, 0.25) is 0 Å². The van der Waals surface area contributed by atoms with Crippen molar-refractivity contribution >= 4 is 17.9 Å². The first-order valence-corrected chi connectivity index (χ1v) is 4.69. The molecule has 8 nitrogen and oxygen atoms in total. The fraction of sp³-hybridized carbons (Fsp3) is 0.667. The molecular weight excluding hydrogens is 236 g/mol. The molecule has 1 atom stereocenters. The van der Waals surface area contributed by atoms with Gasteiger partial charge in [0, 0.05) is 6.92 Å². The summed E-state index contributed by atoms with van der Waals surface area (Å²) >= 11 is 0. The van der Waals surface area contributed by atoms with Crippen LogP contribution in [0.1, 0.15) is 6.92 Å². The van der Waals surface area contributed by atoms with Gasteiger partial charge < -0.3 is 24.4 Å². The van der Waals surface area contributed by atoms with Crippen LogP contribution in [0.5, 0.6) is 0 Å². The van der Waals surface area contributed by atoms with Gasteiger partial charge >= 0.3 is 17.9 Å². The van der Waals surface area contributed by atoms with Crippen LogP contribution in [0.15, 0.2) is 0 Å². The zero-order valence-corrected chi connectivity index (χ0v) is 9.25. The Balaban J connectivity index is 4.14. The van der Waals surface area contributed by atoms with Crippen molar-refractivity contribution in [2.45, 2.75) is 13.0 Å². The molecule has 0 aliphatic rings. The minimum Gasteiger partial charge on any atom is -0.462 e. The number of hydrogen-bond donors (Lipinski definition) is 2. The molecule has 98 valence electrons. The van der Waals surface area contributed by atoms with E-state index in [1.54, 1.807) is 0 Å². The van der Waals surface area contributed by atoms with Gasteiger partial charge in [-0.15, -0.1) is 0 Å². The average Bonchev–Trinajstić information content (AvgIpc) is 2.31. The van der Waals surface area contributed by atoms with Crippen molar-refractivity contribution in [2.24, 2.45) is 0 Å². The number of carbonyl (C=O) groups is 3. The van der Waals surface area contributed by atoms with Crippen molar-refractivity contribution < 1.29 is 38.8 Å². The quantitative estimate of drug-likeness (QED) is 0.393. The van der Waals surface area contributed by atoms with Crippen LogP contribution in [0.25, 0.3) is 0 Å². The van der Waals surface area contributed by atoms with Crippen LogP contribution in [0.4, 0.5) is 0 Å². The lowest BCUT2D eigenvalue weighted by molar-refractivity contribution is -0.168. The van der Waals surface area contributed by atoms with Crippen molar-refractivity contribution in [2.75, 3.05) is 26.4 Å². The minimum atomic E-state index is -1.02. The Bertz CT molecular complexity index is 274. The first-order chi connectivity index (χ1) is 7.99. The summed E-state index contributed by atoms with van der Waals surface area (Å²) < 4.78 is 13.7. The number of ether oxygens (including phenoxy) is 3. The first-order valence-electron chi connectivity index (χ1n) is 4.69. The van der Waals surface area contributed by atoms with Crippen molar-refractivity contribution in [1.82, 2.24) is 0 Å². The molecule has 2 N–H and O–H groups in total. The van der Waals surface area contributed by atoms with E-state index in [1.807, 2.05) is 0 Å². The summed E-state index contributed by atoms with van der Waals surface area (Å²) in [5.41, 5.74) is 0. The molecule has 0 saturated carbocycles. The predicted molar refractivity (Wildman–Crippen MR) is 51.6 cm³/mol. The molecule has 8 heteroatoms. The lowest BCUT2D eigenvalue weighted by atomic mass is 10.4. The molecule has 0 amide bonds. The van der Waals surface area contributed by atoms with Gasteiger partial charge in [-0.25, -0.2) is 9.59 Å². The topological polar surface area (TPSA) is 119 Å². The number of esters is 3. The third kappa shape index (κ3) is 8.17. The highest BCUT2D eigenvalue weighted by molar-refractivity contribution is 5.71. The van der Waals surface area contributed by atoms with Gasteiger partial charge in [0.05, 0.1) is 0 Å². The molecule has 0 saturated heterocycles. The van der Waals surface area contributed by atoms with E-state index in [-0.39, 0.29) is 13.2 Å². The molecule has 0 spiro atoms. The molecule has 0 aliphatic heterocycles. The third-order valence-electron chi connectivity index (χ3n) is 1.46. The molecule has 0 bridgehead atoms. The third-order valence-corrected chi connectivity index (χ3v) is 1.46. The van der Waals surface area contributed by atoms with Gasteiger partial charge in [0.1, 0.15) is 26.4 Å². The van der Waals surface area contributed by atoms with Crippen LogP contribution < -0.4 is 0 Å². The van der Waals surface area contributed by atoms with Crippen LogP contribution >= 0.6 is 0 Å². The van der Waals surface area contributed by atoms with Gasteiger partial charge in [-0.3, -0.25) is 4.79 Å².